The van der Waals surface area contributed by atoms with Crippen molar-refractivity contribution >= 4 is 43.2 Å². The summed E-state index contributed by atoms with van der Waals surface area (Å²) in [6.45, 7) is 3.03. The molecular weight excluding hydrogens is 390 g/mol. The van der Waals surface area contributed by atoms with Crippen molar-refractivity contribution < 1.29 is 4.74 Å². The zero-order valence-electron chi connectivity index (χ0n) is 10.7. The normalized spacial score (nSPS) is 12.4. The topological polar surface area (TPSA) is 21.3 Å². The Labute approximate surface area is 134 Å². The van der Waals surface area contributed by atoms with Crippen LogP contribution in [0.3, 0.4) is 0 Å². The molecule has 1 aromatic heterocycles. The minimum Gasteiger partial charge on any atom is -0.497 e. The molecule has 2 aromatic rings. The number of hydrogen-bond acceptors (Lipinski definition) is 3. The van der Waals surface area contributed by atoms with Gasteiger partial charge in [0.05, 0.1) is 20.7 Å². The van der Waals surface area contributed by atoms with Crippen molar-refractivity contribution in [2.24, 2.45) is 0 Å². The fraction of sp³-hybridized carbons (Fsp3) is 0.286. The van der Waals surface area contributed by atoms with Crippen LogP contribution in [0.15, 0.2) is 37.9 Å². The highest BCUT2D eigenvalue weighted by Crippen LogP contribution is 2.38. The van der Waals surface area contributed by atoms with Gasteiger partial charge < -0.3 is 10.1 Å². The third-order valence-corrected chi connectivity index (χ3v) is 5.24. The summed E-state index contributed by atoms with van der Waals surface area (Å²) in [6, 6.07) is 10.5. The van der Waals surface area contributed by atoms with Crippen molar-refractivity contribution in [2.45, 2.75) is 13.0 Å². The Kier molecular flexibility index (Phi) is 5.45. The molecule has 0 saturated heterocycles. The third kappa shape index (κ3) is 3.60. The number of halogens is 2. The molecule has 0 aliphatic carbocycles. The monoisotopic (exact) mass is 403 g/mol. The predicted molar refractivity (Wildman–Crippen MR) is 88.2 cm³/mol. The molecule has 1 heterocycles. The summed E-state index contributed by atoms with van der Waals surface area (Å²) in [7, 11) is 1.68. The maximum absolute atomic E-state index is 5.21. The van der Waals surface area contributed by atoms with Crippen molar-refractivity contribution in [1.82, 2.24) is 5.32 Å². The molecule has 0 bridgehead atoms. The SMILES string of the molecule is CCNC(c1ccc(OC)cc1)c1cc(Br)sc1Br. The highest BCUT2D eigenvalue weighted by Gasteiger charge is 2.18. The second kappa shape index (κ2) is 6.88. The van der Waals surface area contributed by atoms with Gasteiger partial charge in [-0.3, -0.25) is 0 Å². The van der Waals surface area contributed by atoms with Gasteiger partial charge in [0, 0.05) is 0 Å². The van der Waals surface area contributed by atoms with Crippen LogP contribution in [0.25, 0.3) is 0 Å². The van der Waals surface area contributed by atoms with Gasteiger partial charge in [-0.2, -0.15) is 0 Å². The summed E-state index contributed by atoms with van der Waals surface area (Å²) < 4.78 is 7.49. The summed E-state index contributed by atoms with van der Waals surface area (Å²) >= 11 is 8.87. The van der Waals surface area contributed by atoms with Crippen LogP contribution in [-0.2, 0) is 0 Å². The Bertz CT molecular complexity index is 539. The van der Waals surface area contributed by atoms with Gasteiger partial charge in [0.1, 0.15) is 5.75 Å². The second-order valence-corrected chi connectivity index (χ2v) is 7.79. The van der Waals surface area contributed by atoms with Crippen LogP contribution < -0.4 is 10.1 Å². The number of methoxy groups -OCH3 is 1. The van der Waals surface area contributed by atoms with Gasteiger partial charge in [0.2, 0.25) is 0 Å². The first-order chi connectivity index (χ1) is 9.15. The Hall–Kier alpha value is -0.360. The number of thiophene rings is 1. The zero-order chi connectivity index (χ0) is 13.8. The molecule has 0 saturated carbocycles. The molecule has 5 heteroatoms. The molecule has 0 spiro atoms. The van der Waals surface area contributed by atoms with Gasteiger partial charge in [0.25, 0.3) is 0 Å². The van der Waals surface area contributed by atoms with E-state index in [-0.39, 0.29) is 6.04 Å². The first kappa shape index (κ1) is 15.0. The van der Waals surface area contributed by atoms with E-state index in [0.29, 0.717) is 0 Å². The van der Waals surface area contributed by atoms with E-state index in [0.717, 1.165) is 19.9 Å². The molecular formula is C14H15Br2NOS. The molecule has 0 radical (unpaired) electrons. The van der Waals surface area contributed by atoms with Gasteiger partial charge in [-0.1, -0.05) is 19.1 Å². The van der Waals surface area contributed by atoms with Crippen LogP contribution >= 0.6 is 43.2 Å². The van der Waals surface area contributed by atoms with Crippen molar-refractivity contribution in [3.63, 3.8) is 0 Å². The maximum atomic E-state index is 5.21. The van der Waals surface area contributed by atoms with E-state index < -0.39 is 0 Å². The highest BCUT2D eigenvalue weighted by molar-refractivity contribution is 9.12. The average molecular weight is 405 g/mol. The molecule has 2 nitrogen and oxygen atoms in total. The molecule has 0 fully saturated rings. The molecule has 1 unspecified atom stereocenters. The van der Waals surface area contributed by atoms with E-state index >= 15 is 0 Å². The Morgan fingerprint density at radius 2 is 1.95 bits per heavy atom. The molecule has 19 heavy (non-hydrogen) atoms. The number of hydrogen-bond donors (Lipinski definition) is 1. The smallest absolute Gasteiger partial charge is 0.118 e. The average Bonchev–Trinajstić information content (AvgIpc) is 2.75. The molecule has 1 atom stereocenters. The van der Waals surface area contributed by atoms with E-state index in [9.17, 15) is 0 Å². The molecule has 1 aromatic carbocycles. The number of rotatable bonds is 5. The van der Waals surface area contributed by atoms with Crippen LogP contribution in [0.2, 0.25) is 0 Å². The molecule has 0 aliphatic heterocycles. The summed E-state index contributed by atoms with van der Waals surface area (Å²) in [5.74, 6) is 0.879. The van der Waals surface area contributed by atoms with Crippen LogP contribution in [0.1, 0.15) is 24.1 Å². The van der Waals surface area contributed by atoms with Gasteiger partial charge >= 0.3 is 0 Å². The fourth-order valence-electron chi connectivity index (χ4n) is 1.96. The Morgan fingerprint density at radius 3 is 2.42 bits per heavy atom. The second-order valence-electron chi connectivity index (χ2n) is 4.04. The van der Waals surface area contributed by atoms with E-state index in [4.69, 9.17) is 4.74 Å². The maximum Gasteiger partial charge on any atom is 0.118 e. The van der Waals surface area contributed by atoms with Crippen molar-refractivity contribution in [1.29, 1.82) is 0 Å². The number of ether oxygens (including phenoxy) is 1. The third-order valence-electron chi connectivity index (χ3n) is 2.85. The van der Waals surface area contributed by atoms with Crippen LogP contribution in [0, 0.1) is 0 Å². The Morgan fingerprint density at radius 1 is 1.26 bits per heavy atom. The lowest BCUT2D eigenvalue weighted by atomic mass is 10.0. The summed E-state index contributed by atoms with van der Waals surface area (Å²) in [6.07, 6.45) is 0. The van der Waals surface area contributed by atoms with E-state index in [1.54, 1.807) is 18.4 Å². The summed E-state index contributed by atoms with van der Waals surface area (Å²) in [4.78, 5) is 0. The fourth-order valence-corrected chi connectivity index (χ4v) is 4.86. The van der Waals surface area contributed by atoms with Gasteiger partial charge in [0.15, 0.2) is 0 Å². The van der Waals surface area contributed by atoms with Crippen LogP contribution in [0.4, 0.5) is 0 Å². The molecule has 102 valence electrons. The van der Waals surface area contributed by atoms with Crippen LogP contribution in [0.5, 0.6) is 5.75 Å². The van der Waals surface area contributed by atoms with E-state index in [1.807, 2.05) is 12.1 Å². The van der Waals surface area contributed by atoms with Crippen molar-refractivity contribution in [3.8, 4) is 5.75 Å². The molecule has 0 aliphatic rings. The van der Waals surface area contributed by atoms with Crippen LogP contribution in [-0.4, -0.2) is 13.7 Å². The number of nitrogens with one attached hydrogen (secondary N) is 1. The predicted octanol–water partition coefficient (Wildman–Crippen LogP) is 4.98. The van der Waals surface area contributed by atoms with E-state index in [2.05, 4.69) is 62.3 Å². The van der Waals surface area contributed by atoms with Gasteiger partial charge in [-0.25, -0.2) is 0 Å². The first-order valence-corrected chi connectivity index (χ1v) is 8.38. The lowest BCUT2D eigenvalue weighted by Crippen LogP contribution is -2.21. The lowest BCUT2D eigenvalue weighted by Gasteiger charge is -2.18. The summed E-state index contributed by atoms with van der Waals surface area (Å²) in [5, 5.41) is 3.52. The van der Waals surface area contributed by atoms with Gasteiger partial charge in [-0.05, 0) is 67.7 Å². The van der Waals surface area contributed by atoms with E-state index in [1.165, 1.54) is 11.1 Å². The zero-order valence-corrected chi connectivity index (χ0v) is 14.7. The van der Waals surface area contributed by atoms with Crippen molar-refractivity contribution in [2.75, 3.05) is 13.7 Å². The standard InChI is InChI=1S/C14H15Br2NOS/c1-3-17-13(11-8-12(15)19-14(11)16)9-4-6-10(18-2)7-5-9/h4-8,13,17H,3H2,1-2H3. The lowest BCUT2D eigenvalue weighted by molar-refractivity contribution is 0.414. The molecule has 2 rings (SSSR count). The largest absolute Gasteiger partial charge is 0.497 e. The van der Waals surface area contributed by atoms with Gasteiger partial charge in [-0.15, -0.1) is 11.3 Å². The minimum atomic E-state index is 0.188. The summed E-state index contributed by atoms with van der Waals surface area (Å²) in [5.41, 5.74) is 2.48. The molecule has 1 N–H and O–H groups in total. The Balaban J connectivity index is 2.36. The minimum absolute atomic E-state index is 0.188. The first-order valence-electron chi connectivity index (χ1n) is 5.97. The van der Waals surface area contributed by atoms with Crippen molar-refractivity contribution in [3.05, 3.63) is 49.0 Å². The number of benzene rings is 1. The quantitative estimate of drug-likeness (QED) is 0.758. The molecule has 0 amide bonds. The highest BCUT2D eigenvalue weighted by atomic mass is 79.9.